The van der Waals surface area contributed by atoms with Gasteiger partial charge in [-0.25, -0.2) is 0 Å². The molecule has 0 fully saturated rings. The number of aliphatic carboxylic acids is 2. The average molecular weight is 272 g/mol. The molecule has 0 bridgehead atoms. The smallest absolute Gasteiger partial charge is 0.543 e. The first kappa shape index (κ1) is 18.9. The van der Waals surface area contributed by atoms with Crippen molar-refractivity contribution >= 4 is 11.9 Å². The molecule has 0 aliphatic carbocycles. The van der Waals surface area contributed by atoms with Gasteiger partial charge in [-0.2, -0.15) is 0 Å². The summed E-state index contributed by atoms with van der Waals surface area (Å²) >= 11 is 0. The van der Waals surface area contributed by atoms with Gasteiger partial charge in [-0.1, -0.05) is 0 Å². The SMILES string of the molecule is O=C([O-])C[N+](=O)[O-].O=C([O-])C[N+](=O)[O-].[Cu+2]. The van der Waals surface area contributed by atoms with E-state index in [1.165, 1.54) is 0 Å². The zero-order valence-corrected chi connectivity index (χ0v) is 7.82. The van der Waals surface area contributed by atoms with E-state index in [1.54, 1.807) is 0 Å². The van der Waals surface area contributed by atoms with Gasteiger partial charge in [0, 0.05) is 9.85 Å². The van der Waals surface area contributed by atoms with Gasteiger partial charge in [-0.05, 0) is 0 Å². The second kappa shape index (κ2) is 10.3. The van der Waals surface area contributed by atoms with Gasteiger partial charge in [0.25, 0.3) is 0 Å². The van der Waals surface area contributed by atoms with Crippen molar-refractivity contribution < 1.29 is 46.7 Å². The Balaban J connectivity index is -0.000000180. The number of carbonyl (C=O) groups is 2. The molecule has 0 unspecified atom stereocenters. The monoisotopic (exact) mass is 271 g/mol. The molecule has 1 radical (unpaired) electrons. The van der Waals surface area contributed by atoms with E-state index in [-0.39, 0.29) is 17.1 Å². The quantitative estimate of drug-likeness (QED) is 0.283. The summed E-state index contributed by atoms with van der Waals surface area (Å²) in [6.45, 7) is -2.22. The molecule has 0 saturated carbocycles. The summed E-state index contributed by atoms with van der Waals surface area (Å²) in [5.41, 5.74) is 0. The van der Waals surface area contributed by atoms with Gasteiger partial charge in [0.2, 0.25) is 13.1 Å². The second-order valence-electron chi connectivity index (χ2n) is 1.73. The number of nitro groups is 2. The Morgan fingerprint density at radius 3 is 1.07 bits per heavy atom. The number of hydrogen-bond acceptors (Lipinski definition) is 8. The molecule has 10 nitrogen and oxygen atoms in total. The number of hydrogen-bond donors (Lipinski definition) is 0. The summed E-state index contributed by atoms with van der Waals surface area (Å²) in [6.07, 6.45) is 0. The van der Waals surface area contributed by atoms with Crippen molar-refractivity contribution in [1.29, 1.82) is 0 Å². The third-order valence-corrected chi connectivity index (χ3v) is 0.516. The Labute approximate surface area is 92.7 Å². The molecular weight excluding hydrogens is 268 g/mol. The van der Waals surface area contributed by atoms with Crippen molar-refractivity contribution in [2.45, 2.75) is 0 Å². The molecule has 0 saturated heterocycles. The Morgan fingerprint density at radius 2 is 1.07 bits per heavy atom. The predicted molar refractivity (Wildman–Crippen MR) is 33.7 cm³/mol. The largest absolute Gasteiger partial charge is 2.00 e. The van der Waals surface area contributed by atoms with Gasteiger partial charge >= 0.3 is 17.1 Å². The Bertz CT molecular complexity index is 203. The van der Waals surface area contributed by atoms with E-state index in [4.69, 9.17) is 0 Å². The molecule has 0 aromatic heterocycles. The molecule has 0 spiro atoms. The predicted octanol–water partition coefficient (Wildman–Crippen LogP) is -3.98. The Kier molecular flexibility index (Phi) is 13.1. The van der Waals surface area contributed by atoms with Crippen LogP contribution in [0.3, 0.4) is 0 Å². The van der Waals surface area contributed by atoms with E-state index in [0.29, 0.717) is 0 Å². The van der Waals surface area contributed by atoms with Crippen molar-refractivity contribution in [1.82, 2.24) is 0 Å². The number of nitrogens with zero attached hydrogens (tertiary/aromatic N) is 2. The van der Waals surface area contributed by atoms with Crippen LogP contribution in [-0.4, -0.2) is 34.9 Å². The van der Waals surface area contributed by atoms with Gasteiger partial charge in [-0.3, -0.25) is 20.2 Å². The fraction of sp³-hybridized carbons (Fsp3) is 0.500. The van der Waals surface area contributed by atoms with E-state index in [1.807, 2.05) is 0 Å². The van der Waals surface area contributed by atoms with Crippen LogP contribution in [0.25, 0.3) is 0 Å². The average Bonchev–Trinajstić information content (AvgIpc) is 1.79. The first-order valence-electron chi connectivity index (χ1n) is 2.89. The van der Waals surface area contributed by atoms with Gasteiger partial charge in [0.1, 0.15) is 11.9 Å². The van der Waals surface area contributed by atoms with E-state index < -0.39 is 34.9 Å². The molecule has 0 rings (SSSR count). The van der Waals surface area contributed by atoms with Crippen molar-refractivity contribution in [3.63, 3.8) is 0 Å². The molecule has 89 valence electrons. The Hall–Kier alpha value is -1.74. The van der Waals surface area contributed by atoms with E-state index in [9.17, 15) is 40.0 Å². The fourth-order valence-corrected chi connectivity index (χ4v) is 0.211. The molecule has 0 heterocycles. The minimum Gasteiger partial charge on any atom is -0.543 e. The maximum atomic E-state index is 9.26. The van der Waals surface area contributed by atoms with E-state index >= 15 is 0 Å². The third-order valence-electron chi connectivity index (χ3n) is 0.516. The van der Waals surface area contributed by atoms with E-state index in [2.05, 4.69) is 0 Å². The first-order chi connectivity index (χ1) is 6.25. The minimum absolute atomic E-state index is 0. The van der Waals surface area contributed by atoms with Crippen molar-refractivity contribution in [2.24, 2.45) is 0 Å². The summed E-state index contributed by atoms with van der Waals surface area (Å²) in [7, 11) is 0. The molecule has 0 atom stereocenters. The number of carboxylic acids is 2. The molecule has 0 aliphatic rings. The normalized spacial score (nSPS) is 7.47. The molecule has 0 aliphatic heterocycles. The zero-order chi connectivity index (χ0) is 11.7. The van der Waals surface area contributed by atoms with Crippen LogP contribution in [0.5, 0.6) is 0 Å². The fourth-order valence-electron chi connectivity index (χ4n) is 0.211. The van der Waals surface area contributed by atoms with Gasteiger partial charge in [0.15, 0.2) is 0 Å². The van der Waals surface area contributed by atoms with Gasteiger partial charge in [-0.15, -0.1) is 0 Å². The van der Waals surface area contributed by atoms with Crippen LogP contribution in [0.2, 0.25) is 0 Å². The summed E-state index contributed by atoms with van der Waals surface area (Å²) in [6, 6.07) is 0. The van der Waals surface area contributed by atoms with Crippen molar-refractivity contribution in [3.05, 3.63) is 20.2 Å². The summed E-state index contributed by atoms with van der Waals surface area (Å²) in [4.78, 5) is 35.0. The minimum atomic E-state index is -1.66. The molecule has 15 heavy (non-hydrogen) atoms. The number of rotatable bonds is 4. The van der Waals surface area contributed by atoms with Crippen LogP contribution in [0.15, 0.2) is 0 Å². The summed E-state index contributed by atoms with van der Waals surface area (Å²) in [5.74, 6) is -3.32. The molecular formula is C4H4CuN2O8. The summed E-state index contributed by atoms with van der Waals surface area (Å²) in [5, 5.41) is 36.9. The number of carboxylic acid groups (broad SMARTS) is 2. The molecule has 0 N–H and O–H groups in total. The molecule has 0 aromatic carbocycles. The second-order valence-corrected chi connectivity index (χ2v) is 1.73. The number of carbonyl (C=O) groups excluding carboxylic acids is 2. The van der Waals surface area contributed by atoms with Crippen molar-refractivity contribution in [2.75, 3.05) is 13.1 Å². The van der Waals surface area contributed by atoms with E-state index in [0.717, 1.165) is 0 Å². The summed E-state index contributed by atoms with van der Waals surface area (Å²) < 4.78 is 0. The van der Waals surface area contributed by atoms with Crippen LogP contribution < -0.4 is 10.2 Å². The molecule has 11 heteroatoms. The van der Waals surface area contributed by atoms with Crippen LogP contribution in [0, 0.1) is 20.2 Å². The van der Waals surface area contributed by atoms with Gasteiger partial charge in [0.05, 0.1) is 0 Å². The third kappa shape index (κ3) is 32.9. The molecule has 0 amide bonds. The van der Waals surface area contributed by atoms with Crippen molar-refractivity contribution in [3.8, 4) is 0 Å². The standard InChI is InChI=1S/2C2H3NO4.Cu/c2*4-2(5)1-3(6)7;/h2*1H2,(H,4,5);/q;;+2/p-2. The van der Waals surface area contributed by atoms with Crippen LogP contribution >= 0.6 is 0 Å². The topological polar surface area (TPSA) is 167 Å². The maximum absolute atomic E-state index is 9.26. The van der Waals surface area contributed by atoms with Gasteiger partial charge < -0.3 is 19.8 Å². The Morgan fingerprint density at radius 1 is 0.867 bits per heavy atom. The molecule has 0 aromatic rings. The maximum Gasteiger partial charge on any atom is 2.00 e. The van der Waals surface area contributed by atoms with Crippen LogP contribution in [0.4, 0.5) is 0 Å². The van der Waals surface area contributed by atoms with Crippen LogP contribution in [0.1, 0.15) is 0 Å². The zero-order valence-electron chi connectivity index (χ0n) is 6.88. The first-order valence-corrected chi connectivity index (χ1v) is 2.89. The van der Waals surface area contributed by atoms with Crippen LogP contribution in [-0.2, 0) is 26.7 Å².